The third-order valence-corrected chi connectivity index (χ3v) is 3.79. The van der Waals surface area contributed by atoms with Crippen LogP contribution in [0.15, 0.2) is 46.7 Å². The van der Waals surface area contributed by atoms with Gasteiger partial charge in [-0.3, -0.25) is 4.79 Å². The molecule has 0 atom stereocenters. The number of hydrogen-bond acceptors (Lipinski definition) is 3. The van der Waals surface area contributed by atoms with E-state index in [1.165, 1.54) is 0 Å². The van der Waals surface area contributed by atoms with Crippen molar-refractivity contribution in [1.29, 1.82) is 0 Å². The van der Waals surface area contributed by atoms with E-state index in [-0.39, 0.29) is 5.56 Å². The number of aromatic nitrogens is 2. The first-order valence-corrected chi connectivity index (χ1v) is 6.68. The summed E-state index contributed by atoms with van der Waals surface area (Å²) in [6.07, 6.45) is 1.80. The van der Waals surface area contributed by atoms with E-state index in [1.54, 1.807) is 28.2 Å². The van der Waals surface area contributed by atoms with Crippen LogP contribution >= 0.6 is 22.9 Å². The summed E-state index contributed by atoms with van der Waals surface area (Å²) in [7, 11) is 0. The van der Waals surface area contributed by atoms with Crippen molar-refractivity contribution in [2.45, 2.75) is 6.54 Å². The molecule has 0 aliphatic rings. The van der Waals surface area contributed by atoms with Gasteiger partial charge in [0.25, 0.3) is 5.56 Å². The first kappa shape index (κ1) is 11.4. The third-order valence-electron chi connectivity index (χ3n) is 2.70. The molecule has 3 aromatic heterocycles. The molecule has 5 heteroatoms. The van der Waals surface area contributed by atoms with Crippen molar-refractivity contribution < 1.29 is 0 Å². The molecule has 3 heterocycles. The second kappa shape index (κ2) is 4.55. The van der Waals surface area contributed by atoms with Crippen LogP contribution in [0.1, 0.15) is 5.69 Å². The van der Waals surface area contributed by atoms with Gasteiger partial charge in [0.1, 0.15) is 5.15 Å². The van der Waals surface area contributed by atoms with Crippen molar-refractivity contribution in [2.24, 2.45) is 0 Å². The molecule has 0 aromatic carbocycles. The smallest absolute Gasteiger partial charge is 0.259 e. The second-order valence-corrected chi connectivity index (χ2v) is 5.23. The molecule has 3 nitrogen and oxygen atoms in total. The molecule has 0 N–H and O–H groups in total. The van der Waals surface area contributed by atoms with Gasteiger partial charge >= 0.3 is 0 Å². The maximum Gasteiger partial charge on any atom is 0.259 e. The molecule has 3 rings (SSSR count). The maximum absolute atomic E-state index is 12.2. The van der Waals surface area contributed by atoms with Gasteiger partial charge in [-0.25, -0.2) is 4.98 Å². The molecule has 0 aliphatic heterocycles. The Hall–Kier alpha value is -1.65. The highest BCUT2D eigenvalue weighted by Crippen LogP contribution is 2.16. The minimum atomic E-state index is 0.00975. The fraction of sp³-hybridized carbons (Fsp3) is 0.0769. The third kappa shape index (κ3) is 2.05. The van der Waals surface area contributed by atoms with E-state index in [2.05, 4.69) is 4.98 Å². The molecular weight excluding hydrogens is 268 g/mol. The number of hydrogen-bond donors (Lipinski definition) is 0. The summed E-state index contributed by atoms with van der Waals surface area (Å²) in [5.41, 5.74) is 0.787. The number of pyridine rings is 2. The number of thiophene rings is 1. The topological polar surface area (TPSA) is 34.9 Å². The molecule has 0 saturated carbocycles. The lowest BCUT2D eigenvalue weighted by Gasteiger charge is -2.05. The molecule has 0 saturated heterocycles. The molecule has 90 valence electrons. The summed E-state index contributed by atoms with van der Waals surface area (Å²) in [4.78, 5) is 16.4. The van der Waals surface area contributed by atoms with Crippen LogP contribution in [-0.2, 0) is 6.54 Å². The van der Waals surface area contributed by atoms with Gasteiger partial charge in [0.05, 0.1) is 17.6 Å². The molecule has 0 bridgehead atoms. The number of halogens is 1. The van der Waals surface area contributed by atoms with Crippen molar-refractivity contribution in [3.8, 4) is 0 Å². The normalized spacial score (nSPS) is 10.9. The lowest BCUT2D eigenvalue weighted by Crippen LogP contribution is -2.19. The lowest BCUT2D eigenvalue weighted by atomic mass is 10.3. The van der Waals surface area contributed by atoms with Gasteiger partial charge in [0.15, 0.2) is 0 Å². The van der Waals surface area contributed by atoms with Crippen molar-refractivity contribution in [3.05, 3.63) is 63.1 Å². The van der Waals surface area contributed by atoms with Crippen LogP contribution in [0.5, 0.6) is 0 Å². The van der Waals surface area contributed by atoms with E-state index in [1.807, 2.05) is 29.6 Å². The van der Waals surface area contributed by atoms with Gasteiger partial charge in [-0.1, -0.05) is 17.7 Å². The van der Waals surface area contributed by atoms with Crippen molar-refractivity contribution in [3.63, 3.8) is 0 Å². The highest BCUT2D eigenvalue weighted by atomic mass is 35.5. The summed E-state index contributed by atoms with van der Waals surface area (Å²) in [5, 5.41) is 3.12. The fourth-order valence-corrected chi connectivity index (χ4v) is 2.80. The molecule has 3 aromatic rings. The fourth-order valence-electron chi connectivity index (χ4n) is 1.84. The van der Waals surface area contributed by atoms with Crippen LogP contribution in [0.4, 0.5) is 0 Å². The molecule has 0 amide bonds. The van der Waals surface area contributed by atoms with Crippen molar-refractivity contribution in [2.75, 3.05) is 0 Å². The Kier molecular flexibility index (Phi) is 2.89. The summed E-state index contributed by atoms with van der Waals surface area (Å²) in [5.74, 6) is 0. The zero-order chi connectivity index (χ0) is 12.5. The van der Waals surface area contributed by atoms with Crippen molar-refractivity contribution in [1.82, 2.24) is 9.55 Å². The van der Waals surface area contributed by atoms with Crippen LogP contribution in [0.3, 0.4) is 0 Å². The monoisotopic (exact) mass is 276 g/mol. The summed E-state index contributed by atoms with van der Waals surface area (Å²) in [6.45, 7) is 0.436. The maximum atomic E-state index is 12.2. The predicted octanol–water partition coefficient (Wildman–Crippen LogP) is 3.16. The van der Waals surface area contributed by atoms with Gasteiger partial charge in [0.2, 0.25) is 0 Å². The van der Waals surface area contributed by atoms with Crippen LogP contribution in [0, 0.1) is 0 Å². The molecule has 0 aliphatic carbocycles. The highest BCUT2D eigenvalue weighted by molar-refractivity contribution is 7.17. The average Bonchev–Trinajstić information content (AvgIpc) is 2.82. The Bertz CT molecular complexity index is 763. The van der Waals surface area contributed by atoms with E-state index < -0.39 is 0 Å². The van der Waals surface area contributed by atoms with Crippen molar-refractivity contribution >= 4 is 33.0 Å². The molecule has 18 heavy (non-hydrogen) atoms. The van der Waals surface area contributed by atoms with E-state index >= 15 is 0 Å². The summed E-state index contributed by atoms with van der Waals surface area (Å²) in [6, 6.07) is 9.21. The van der Waals surface area contributed by atoms with Crippen LogP contribution in [0.25, 0.3) is 10.1 Å². The molecule has 0 fully saturated rings. The zero-order valence-electron chi connectivity index (χ0n) is 9.34. The molecule has 0 spiro atoms. The van der Waals surface area contributed by atoms with E-state index in [9.17, 15) is 4.79 Å². The van der Waals surface area contributed by atoms with Gasteiger partial charge in [-0.15, -0.1) is 11.3 Å². The predicted molar refractivity (Wildman–Crippen MR) is 74.4 cm³/mol. The second-order valence-electron chi connectivity index (χ2n) is 3.90. The van der Waals surface area contributed by atoms with E-state index in [0.29, 0.717) is 11.7 Å². The minimum Gasteiger partial charge on any atom is -0.309 e. The van der Waals surface area contributed by atoms with Gasteiger partial charge < -0.3 is 4.57 Å². The van der Waals surface area contributed by atoms with E-state index in [0.717, 1.165) is 15.8 Å². The Morgan fingerprint density at radius 2 is 2.17 bits per heavy atom. The van der Waals surface area contributed by atoms with Crippen LogP contribution in [0.2, 0.25) is 5.15 Å². The first-order valence-electron chi connectivity index (χ1n) is 5.42. The standard InChI is InChI=1S/C13H9ClN2OS/c14-12-3-1-2-9(15-12)8-16-6-4-11-10(13(16)17)5-7-18-11/h1-7H,8H2. The first-order chi connectivity index (χ1) is 8.74. The largest absolute Gasteiger partial charge is 0.309 e. The zero-order valence-corrected chi connectivity index (χ0v) is 10.9. The Balaban J connectivity index is 2.05. The number of rotatable bonds is 2. The lowest BCUT2D eigenvalue weighted by molar-refractivity contribution is 0.747. The number of fused-ring (bicyclic) bond motifs is 1. The highest BCUT2D eigenvalue weighted by Gasteiger charge is 2.05. The molecule has 0 radical (unpaired) electrons. The molecule has 0 unspecified atom stereocenters. The molecular formula is C13H9ClN2OS. The Morgan fingerprint density at radius 1 is 1.28 bits per heavy atom. The SMILES string of the molecule is O=c1c2ccsc2ccn1Cc1cccc(Cl)n1. The Morgan fingerprint density at radius 3 is 3.00 bits per heavy atom. The van der Waals surface area contributed by atoms with Gasteiger partial charge in [-0.05, 0) is 29.6 Å². The van der Waals surface area contributed by atoms with E-state index in [4.69, 9.17) is 11.6 Å². The van der Waals surface area contributed by atoms with Gasteiger partial charge in [-0.2, -0.15) is 0 Å². The summed E-state index contributed by atoms with van der Waals surface area (Å²) < 4.78 is 2.66. The summed E-state index contributed by atoms with van der Waals surface area (Å²) >= 11 is 7.40. The Labute approximate surface area is 112 Å². The minimum absolute atomic E-state index is 0.00975. The van der Waals surface area contributed by atoms with Gasteiger partial charge in [0, 0.05) is 10.9 Å². The quantitative estimate of drug-likeness (QED) is 0.674. The van der Waals surface area contributed by atoms with Crippen LogP contribution < -0.4 is 5.56 Å². The number of nitrogens with zero attached hydrogens (tertiary/aromatic N) is 2. The average molecular weight is 277 g/mol. The van der Waals surface area contributed by atoms with Crippen LogP contribution in [-0.4, -0.2) is 9.55 Å².